The Bertz CT molecular complexity index is 1070. The van der Waals surface area contributed by atoms with Crippen molar-refractivity contribution in [3.63, 3.8) is 0 Å². The number of hydrogen-bond acceptors (Lipinski definition) is 4. The zero-order valence-corrected chi connectivity index (χ0v) is 18.7. The summed E-state index contributed by atoms with van der Waals surface area (Å²) in [5.41, 5.74) is 4.47. The largest absolute Gasteiger partial charge is 0.393 e. The summed E-state index contributed by atoms with van der Waals surface area (Å²) in [6, 6.07) is 15.1. The summed E-state index contributed by atoms with van der Waals surface area (Å²) in [6.07, 6.45) is 8.48. The third-order valence-electron chi connectivity index (χ3n) is 7.22. The number of carbonyl (C=O) groups excluding carboxylic acids is 1. The van der Waals surface area contributed by atoms with E-state index in [9.17, 15) is 9.90 Å². The van der Waals surface area contributed by atoms with Gasteiger partial charge in [0.1, 0.15) is 0 Å². The van der Waals surface area contributed by atoms with Crippen LogP contribution in [0.2, 0.25) is 0 Å². The fourth-order valence-electron chi connectivity index (χ4n) is 5.32. The molecule has 1 aliphatic heterocycles. The van der Waals surface area contributed by atoms with Crippen molar-refractivity contribution in [2.24, 2.45) is 0 Å². The van der Waals surface area contributed by atoms with E-state index in [1.54, 1.807) is 0 Å². The van der Waals surface area contributed by atoms with Gasteiger partial charge < -0.3 is 15.3 Å². The molecular weight excluding hydrogens is 400 g/mol. The molecule has 1 saturated carbocycles. The van der Waals surface area contributed by atoms with E-state index in [4.69, 9.17) is 0 Å². The number of likely N-dealkylation sites (tertiary alicyclic amines) is 1. The summed E-state index contributed by atoms with van der Waals surface area (Å²) in [4.78, 5) is 14.6. The number of piperidine rings is 1. The summed E-state index contributed by atoms with van der Waals surface area (Å²) in [5, 5.41) is 18.0. The highest BCUT2D eigenvalue weighted by Gasteiger charge is 2.28. The number of benzene rings is 1. The zero-order chi connectivity index (χ0) is 22.1. The van der Waals surface area contributed by atoms with Crippen molar-refractivity contribution >= 4 is 11.4 Å². The molecule has 6 nitrogen and oxygen atoms in total. The van der Waals surface area contributed by atoms with Crippen LogP contribution in [0.15, 0.2) is 54.9 Å². The number of hydrogen-bond donors (Lipinski definition) is 2. The van der Waals surface area contributed by atoms with Crippen LogP contribution in [-0.4, -0.2) is 50.8 Å². The molecule has 6 heteroatoms. The fourth-order valence-corrected chi connectivity index (χ4v) is 5.32. The average Bonchev–Trinajstić information content (AvgIpc) is 3.46. The molecule has 0 radical (unpaired) electrons. The van der Waals surface area contributed by atoms with E-state index in [2.05, 4.69) is 41.6 Å². The number of rotatable bonds is 5. The van der Waals surface area contributed by atoms with Gasteiger partial charge in [-0.25, -0.2) is 4.52 Å². The molecule has 1 unspecified atom stereocenters. The van der Waals surface area contributed by atoms with E-state index in [1.807, 2.05) is 40.0 Å². The SMILES string of the molecule is C[C@@H](NC1CC[C@H](c2ccc(C(=O)N3CCC(O)CC3)cc2)C1)c1cnn2ccccc12. The van der Waals surface area contributed by atoms with Crippen LogP contribution in [0, 0.1) is 0 Å². The summed E-state index contributed by atoms with van der Waals surface area (Å²) in [5.74, 6) is 0.606. The fraction of sp³-hybridized carbons (Fsp3) is 0.462. The van der Waals surface area contributed by atoms with Gasteiger partial charge >= 0.3 is 0 Å². The first-order valence-electron chi connectivity index (χ1n) is 11.8. The second-order valence-electron chi connectivity index (χ2n) is 9.37. The van der Waals surface area contributed by atoms with Crippen LogP contribution in [-0.2, 0) is 0 Å². The molecule has 0 spiro atoms. The van der Waals surface area contributed by atoms with Gasteiger partial charge in [0, 0.05) is 42.5 Å². The molecule has 1 aromatic carbocycles. The van der Waals surface area contributed by atoms with Crippen LogP contribution in [0.1, 0.15) is 72.5 Å². The highest BCUT2D eigenvalue weighted by molar-refractivity contribution is 5.94. The van der Waals surface area contributed by atoms with Gasteiger partial charge in [-0.15, -0.1) is 0 Å². The van der Waals surface area contributed by atoms with E-state index in [0.29, 0.717) is 37.9 Å². The van der Waals surface area contributed by atoms with E-state index < -0.39 is 0 Å². The van der Waals surface area contributed by atoms with E-state index in [-0.39, 0.29) is 18.1 Å². The quantitative estimate of drug-likeness (QED) is 0.641. The van der Waals surface area contributed by atoms with Crippen LogP contribution in [0.4, 0.5) is 0 Å². The van der Waals surface area contributed by atoms with Gasteiger partial charge in [-0.3, -0.25) is 4.79 Å². The lowest BCUT2D eigenvalue weighted by Crippen LogP contribution is -2.40. The minimum atomic E-state index is -0.263. The summed E-state index contributed by atoms with van der Waals surface area (Å²) < 4.78 is 1.93. The van der Waals surface area contributed by atoms with Gasteiger partial charge in [0.2, 0.25) is 0 Å². The number of carbonyl (C=O) groups is 1. The van der Waals surface area contributed by atoms with Gasteiger partial charge in [-0.05, 0) is 74.8 Å². The van der Waals surface area contributed by atoms with Gasteiger partial charge in [0.25, 0.3) is 5.91 Å². The summed E-state index contributed by atoms with van der Waals surface area (Å²) in [7, 11) is 0. The van der Waals surface area contributed by atoms with Crippen molar-refractivity contribution in [2.45, 2.75) is 63.1 Å². The molecule has 3 heterocycles. The maximum atomic E-state index is 12.7. The van der Waals surface area contributed by atoms with Gasteiger partial charge in [-0.2, -0.15) is 5.10 Å². The molecule has 3 aromatic rings. The molecule has 3 atom stereocenters. The van der Waals surface area contributed by atoms with Gasteiger partial charge in [0.15, 0.2) is 0 Å². The molecular formula is C26H32N4O2. The van der Waals surface area contributed by atoms with Crippen LogP contribution in [0.3, 0.4) is 0 Å². The van der Waals surface area contributed by atoms with E-state index >= 15 is 0 Å². The van der Waals surface area contributed by atoms with E-state index in [1.165, 1.54) is 11.1 Å². The Kier molecular flexibility index (Phi) is 5.98. The van der Waals surface area contributed by atoms with Crippen molar-refractivity contribution in [3.8, 4) is 0 Å². The Balaban J connectivity index is 1.18. The number of aliphatic hydroxyl groups is 1. The van der Waals surface area contributed by atoms with Crippen molar-refractivity contribution in [3.05, 3.63) is 71.5 Å². The minimum absolute atomic E-state index is 0.0802. The van der Waals surface area contributed by atoms with Crippen molar-refractivity contribution < 1.29 is 9.90 Å². The third kappa shape index (κ3) is 4.30. The monoisotopic (exact) mass is 432 g/mol. The van der Waals surface area contributed by atoms with Gasteiger partial charge in [-0.1, -0.05) is 18.2 Å². The van der Waals surface area contributed by atoms with Crippen LogP contribution >= 0.6 is 0 Å². The molecule has 0 bridgehead atoms. The third-order valence-corrected chi connectivity index (χ3v) is 7.22. The lowest BCUT2D eigenvalue weighted by Gasteiger charge is -2.29. The predicted molar refractivity (Wildman–Crippen MR) is 125 cm³/mol. The number of pyridine rings is 1. The van der Waals surface area contributed by atoms with Crippen LogP contribution < -0.4 is 5.32 Å². The molecule has 2 fully saturated rings. The van der Waals surface area contributed by atoms with Crippen LogP contribution in [0.5, 0.6) is 0 Å². The van der Waals surface area contributed by atoms with Crippen LogP contribution in [0.25, 0.3) is 5.52 Å². The zero-order valence-electron chi connectivity index (χ0n) is 18.7. The second kappa shape index (κ2) is 9.04. The van der Waals surface area contributed by atoms with Gasteiger partial charge in [0.05, 0.1) is 17.8 Å². The normalized spacial score (nSPS) is 23.0. The second-order valence-corrected chi connectivity index (χ2v) is 9.37. The van der Waals surface area contributed by atoms with Crippen molar-refractivity contribution in [1.29, 1.82) is 0 Å². The Labute approximate surface area is 189 Å². The molecule has 1 amide bonds. The smallest absolute Gasteiger partial charge is 0.253 e. The first-order valence-corrected chi connectivity index (χ1v) is 11.8. The maximum absolute atomic E-state index is 12.7. The number of amides is 1. The topological polar surface area (TPSA) is 69.9 Å². The Morgan fingerprint density at radius 2 is 1.88 bits per heavy atom. The highest BCUT2D eigenvalue weighted by Crippen LogP contribution is 2.36. The lowest BCUT2D eigenvalue weighted by molar-refractivity contribution is 0.0546. The van der Waals surface area contributed by atoms with Crippen molar-refractivity contribution in [1.82, 2.24) is 19.8 Å². The summed E-state index contributed by atoms with van der Waals surface area (Å²) >= 11 is 0. The molecule has 168 valence electrons. The lowest BCUT2D eigenvalue weighted by atomic mass is 9.96. The number of aromatic nitrogens is 2. The maximum Gasteiger partial charge on any atom is 0.253 e. The number of aliphatic hydroxyl groups excluding tert-OH is 1. The molecule has 2 aliphatic rings. The minimum Gasteiger partial charge on any atom is -0.393 e. The molecule has 2 N–H and O–H groups in total. The van der Waals surface area contributed by atoms with E-state index in [0.717, 1.165) is 30.3 Å². The first-order chi connectivity index (χ1) is 15.6. The first kappa shape index (κ1) is 21.2. The Morgan fingerprint density at radius 1 is 1.09 bits per heavy atom. The number of nitrogens with zero attached hydrogens (tertiary/aromatic N) is 3. The molecule has 2 aromatic heterocycles. The average molecular weight is 433 g/mol. The molecule has 1 saturated heterocycles. The molecule has 5 rings (SSSR count). The molecule has 32 heavy (non-hydrogen) atoms. The number of fused-ring (bicyclic) bond motifs is 1. The highest BCUT2D eigenvalue weighted by atomic mass is 16.3. The predicted octanol–water partition coefficient (Wildman–Crippen LogP) is 3.92. The Morgan fingerprint density at radius 3 is 2.66 bits per heavy atom. The Hall–Kier alpha value is -2.70. The van der Waals surface area contributed by atoms with Crippen molar-refractivity contribution in [2.75, 3.05) is 13.1 Å². The summed E-state index contributed by atoms with van der Waals surface area (Å²) in [6.45, 7) is 3.50. The standard InChI is InChI=1S/C26H32N4O2/c1-18(24-17-27-30-13-3-2-4-25(24)30)28-22-10-9-21(16-22)19-5-7-20(8-6-19)26(32)29-14-11-23(31)12-15-29/h2-8,13,17-18,21-23,28,31H,9-12,14-16H2,1H3/t18-,21+,22?/m1/s1. The molecule has 1 aliphatic carbocycles. The number of nitrogens with one attached hydrogen (secondary N) is 1.